The Bertz CT molecular complexity index is 854. The Labute approximate surface area is 145 Å². The molecule has 1 amide bonds. The maximum atomic E-state index is 12.1. The van der Waals surface area contributed by atoms with Gasteiger partial charge in [-0.25, -0.2) is 8.42 Å². The van der Waals surface area contributed by atoms with Crippen LogP contribution in [-0.4, -0.2) is 41.2 Å². The van der Waals surface area contributed by atoms with Crippen LogP contribution in [0.5, 0.6) is 0 Å². The third-order valence-electron chi connectivity index (χ3n) is 3.89. The van der Waals surface area contributed by atoms with Gasteiger partial charge in [0.25, 0.3) is 5.91 Å². The van der Waals surface area contributed by atoms with Crippen molar-refractivity contribution in [3.63, 3.8) is 0 Å². The first-order chi connectivity index (χ1) is 11.3. The number of sulfonamides is 1. The normalized spacial score (nSPS) is 15.8. The molecule has 2 aromatic heterocycles. The largest absolute Gasteiger partial charge is 0.346 e. The molecule has 7 nitrogen and oxygen atoms in total. The van der Waals surface area contributed by atoms with E-state index >= 15 is 0 Å². The molecule has 0 saturated carbocycles. The number of rotatable bonds is 4. The second kappa shape index (κ2) is 6.66. The van der Waals surface area contributed by atoms with E-state index in [9.17, 15) is 13.2 Å². The first-order valence-corrected chi connectivity index (χ1v) is 10.3. The molecule has 0 bridgehead atoms. The SMILES string of the molecule is Cc1ccc(C(=O)NCc2cc3n(n2)CCCN(S(C)(=O)=O)C3)s1. The fourth-order valence-corrected chi connectivity index (χ4v) is 4.29. The second-order valence-corrected chi connectivity index (χ2v) is 9.16. The van der Waals surface area contributed by atoms with Crippen LogP contribution in [0, 0.1) is 6.92 Å². The molecular formula is C15H20N4O3S2. The number of hydrogen-bond acceptors (Lipinski definition) is 5. The first-order valence-electron chi connectivity index (χ1n) is 7.68. The molecule has 0 unspecified atom stereocenters. The summed E-state index contributed by atoms with van der Waals surface area (Å²) in [6.07, 6.45) is 1.95. The minimum Gasteiger partial charge on any atom is -0.346 e. The van der Waals surface area contributed by atoms with E-state index < -0.39 is 10.0 Å². The van der Waals surface area contributed by atoms with Gasteiger partial charge in [-0.15, -0.1) is 11.3 Å². The Morgan fingerprint density at radius 2 is 2.17 bits per heavy atom. The molecule has 0 atom stereocenters. The predicted octanol–water partition coefficient (Wildman–Crippen LogP) is 1.35. The Kier molecular flexibility index (Phi) is 4.75. The van der Waals surface area contributed by atoms with Crippen LogP contribution in [0.15, 0.2) is 18.2 Å². The van der Waals surface area contributed by atoms with Gasteiger partial charge < -0.3 is 5.32 Å². The summed E-state index contributed by atoms with van der Waals surface area (Å²) in [6, 6.07) is 5.59. The second-order valence-electron chi connectivity index (χ2n) is 5.89. The Hall–Kier alpha value is -1.71. The summed E-state index contributed by atoms with van der Waals surface area (Å²) < 4.78 is 26.8. The van der Waals surface area contributed by atoms with Crippen molar-refractivity contribution in [3.8, 4) is 0 Å². The number of nitrogens with one attached hydrogen (secondary N) is 1. The van der Waals surface area contributed by atoms with Crippen LogP contribution in [0.25, 0.3) is 0 Å². The van der Waals surface area contributed by atoms with Crippen LogP contribution in [0.4, 0.5) is 0 Å². The van der Waals surface area contributed by atoms with E-state index in [2.05, 4.69) is 10.4 Å². The number of hydrogen-bond donors (Lipinski definition) is 1. The van der Waals surface area contributed by atoms with E-state index in [1.165, 1.54) is 21.9 Å². The molecule has 0 fully saturated rings. The van der Waals surface area contributed by atoms with Crippen molar-refractivity contribution in [1.82, 2.24) is 19.4 Å². The number of aryl methyl sites for hydroxylation is 2. The number of nitrogens with zero attached hydrogens (tertiary/aromatic N) is 3. The molecule has 0 saturated heterocycles. The van der Waals surface area contributed by atoms with Gasteiger partial charge in [0, 0.05) is 18.0 Å². The van der Waals surface area contributed by atoms with Gasteiger partial charge in [0.2, 0.25) is 10.0 Å². The van der Waals surface area contributed by atoms with Gasteiger partial charge in [0.15, 0.2) is 0 Å². The quantitative estimate of drug-likeness (QED) is 0.883. The highest BCUT2D eigenvalue weighted by Crippen LogP contribution is 2.17. The maximum Gasteiger partial charge on any atom is 0.261 e. The zero-order valence-corrected chi connectivity index (χ0v) is 15.3. The zero-order valence-electron chi connectivity index (χ0n) is 13.7. The third kappa shape index (κ3) is 3.85. The number of amides is 1. The van der Waals surface area contributed by atoms with Crippen LogP contribution in [0.2, 0.25) is 0 Å². The van der Waals surface area contributed by atoms with E-state index in [-0.39, 0.29) is 5.91 Å². The van der Waals surface area contributed by atoms with Gasteiger partial charge >= 0.3 is 0 Å². The van der Waals surface area contributed by atoms with E-state index in [0.717, 1.165) is 22.7 Å². The Balaban J connectivity index is 1.68. The Morgan fingerprint density at radius 1 is 1.38 bits per heavy atom. The first kappa shape index (κ1) is 17.1. The fourth-order valence-electron chi connectivity index (χ4n) is 2.68. The van der Waals surface area contributed by atoms with Crippen molar-refractivity contribution in [1.29, 1.82) is 0 Å². The molecule has 9 heteroatoms. The van der Waals surface area contributed by atoms with Gasteiger partial charge in [0.1, 0.15) is 0 Å². The smallest absolute Gasteiger partial charge is 0.261 e. The van der Waals surface area contributed by atoms with E-state index in [1.54, 1.807) is 0 Å². The number of aromatic nitrogens is 2. The summed E-state index contributed by atoms with van der Waals surface area (Å²) in [5, 5.41) is 7.34. The highest BCUT2D eigenvalue weighted by molar-refractivity contribution is 7.88. The number of thiophene rings is 1. The van der Waals surface area contributed by atoms with Gasteiger partial charge in [-0.1, -0.05) is 0 Å². The molecule has 0 aromatic carbocycles. The summed E-state index contributed by atoms with van der Waals surface area (Å²) in [7, 11) is -3.22. The molecule has 0 aliphatic carbocycles. The minimum atomic E-state index is -3.22. The zero-order chi connectivity index (χ0) is 17.3. The summed E-state index contributed by atoms with van der Waals surface area (Å²) in [5.41, 5.74) is 1.59. The highest BCUT2D eigenvalue weighted by atomic mass is 32.2. The van der Waals surface area contributed by atoms with Crippen molar-refractivity contribution < 1.29 is 13.2 Å². The average molecular weight is 368 g/mol. The molecule has 3 rings (SSSR count). The molecule has 1 N–H and O–H groups in total. The van der Waals surface area contributed by atoms with Crippen LogP contribution < -0.4 is 5.32 Å². The molecule has 130 valence electrons. The highest BCUT2D eigenvalue weighted by Gasteiger charge is 2.22. The minimum absolute atomic E-state index is 0.117. The monoisotopic (exact) mass is 368 g/mol. The van der Waals surface area contributed by atoms with Gasteiger partial charge in [-0.2, -0.15) is 9.40 Å². The fraction of sp³-hybridized carbons (Fsp3) is 0.467. The molecule has 0 radical (unpaired) electrons. The summed E-state index contributed by atoms with van der Waals surface area (Å²) in [4.78, 5) is 13.9. The topological polar surface area (TPSA) is 84.3 Å². The molecular weight excluding hydrogens is 348 g/mol. The Morgan fingerprint density at radius 3 is 2.83 bits per heavy atom. The lowest BCUT2D eigenvalue weighted by Gasteiger charge is -2.16. The molecule has 2 aromatic rings. The van der Waals surface area contributed by atoms with E-state index in [1.807, 2.05) is 29.8 Å². The van der Waals surface area contributed by atoms with Crippen molar-refractivity contribution in [2.75, 3.05) is 12.8 Å². The lowest BCUT2D eigenvalue weighted by Crippen LogP contribution is -2.29. The van der Waals surface area contributed by atoms with E-state index in [4.69, 9.17) is 0 Å². The summed E-state index contributed by atoms with van der Waals surface area (Å²) in [6.45, 7) is 3.80. The predicted molar refractivity (Wildman–Crippen MR) is 92.3 cm³/mol. The molecule has 1 aliphatic heterocycles. The van der Waals surface area contributed by atoms with Gasteiger partial charge in [-0.3, -0.25) is 9.48 Å². The van der Waals surface area contributed by atoms with Crippen molar-refractivity contribution in [2.45, 2.75) is 33.0 Å². The van der Waals surface area contributed by atoms with Crippen molar-refractivity contribution in [3.05, 3.63) is 39.3 Å². The van der Waals surface area contributed by atoms with Crippen molar-refractivity contribution in [2.24, 2.45) is 0 Å². The van der Waals surface area contributed by atoms with Crippen LogP contribution in [-0.2, 0) is 29.7 Å². The standard InChI is InChI=1S/C15H20N4O3S2/c1-11-4-5-14(23-11)15(20)16-9-12-8-13-10-18(24(2,21)22)6-3-7-19(13)17-12/h4-5,8H,3,6-7,9-10H2,1-2H3,(H,16,20). The molecule has 1 aliphatic rings. The molecule has 0 spiro atoms. The number of fused-ring (bicyclic) bond motifs is 1. The van der Waals surface area contributed by atoms with Gasteiger partial charge in [-0.05, 0) is 31.5 Å². The summed E-state index contributed by atoms with van der Waals surface area (Å²) >= 11 is 1.45. The van der Waals surface area contributed by atoms with Crippen LogP contribution >= 0.6 is 11.3 Å². The lowest BCUT2D eigenvalue weighted by atomic mass is 10.3. The molecule has 3 heterocycles. The van der Waals surface area contributed by atoms with Crippen LogP contribution in [0.1, 0.15) is 32.4 Å². The van der Waals surface area contributed by atoms with Gasteiger partial charge in [0.05, 0.1) is 35.6 Å². The lowest BCUT2D eigenvalue weighted by molar-refractivity contribution is 0.0954. The van der Waals surface area contributed by atoms with Crippen molar-refractivity contribution >= 4 is 27.3 Å². The molecule has 24 heavy (non-hydrogen) atoms. The average Bonchev–Trinajstić information content (AvgIpc) is 3.04. The van der Waals surface area contributed by atoms with E-state index in [0.29, 0.717) is 31.1 Å². The van der Waals surface area contributed by atoms with Crippen LogP contribution in [0.3, 0.4) is 0 Å². The summed E-state index contributed by atoms with van der Waals surface area (Å²) in [5.74, 6) is -0.117. The number of carbonyl (C=O) groups is 1. The number of carbonyl (C=O) groups excluding carboxylic acids is 1. The third-order valence-corrected chi connectivity index (χ3v) is 6.14. The maximum absolute atomic E-state index is 12.1.